The normalized spacial score (nSPS) is 13.1. The molecule has 0 saturated heterocycles. The van der Waals surface area contributed by atoms with Crippen LogP contribution in [0.25, 0.3) is 0 Å². The van der Waals surface area contributed by atoms with E-state index in [1.54, 1.807) is 0 Å². The third-order valence-electron chi connectivity index (χ3n) is 2.81. The molecule has 0 amide bonds. The molecule has 0 aliphatic heterocycles. The molecule has 1 atom stereocenters. The van der Waals surface area contributed by atoms with Crippen molar-refractivity contribution in [3.05, 3.63) is 17.0 Å². The minimum Gasteiger partial charge on any atom is -0.380 e. The summed E-state index contributed by atoms with van der Waals surface area (Å²) in [5, 5.41) is 4.38. The predicted octanol–water partition coefficient (Wildman–Crippen LogP) is 1.33. The Morgan fingerprint density at radius 3 is 2.62 bits per heavy atom. The molecule has 92 valence electrons. The highest BCUT2D eigenvalue weighted by Crippen LogP contribution is 2.13. The maximum atomic E-state index is 6.03. The number of nitrogens with two attached hydrogens (primary N) is 1. The fourth-order valence-corrected chi connectivity index (χ4v) is 1.81. The fraction of sp³-hybridized carbons (Fsp3) is 0.750. The van der Waals surface area contributed by atoms with Gasteiger partial charge in [-0.25, -0.2) is 0 Å². The average molecular weight is 225 g/mol. The SMILES string of the molecule is CCCOCC(N)Cc1c(C)nn(C)c1C. The first kappa shape index (κ1) is 13.2. The van der Waals surface area contributed by atoms with Gasteiger partial charge in [0.15, 0.2) is 0 Å². The number of ether oxygens (including phenoxy) is 1. The van der Waals surface area contributed by atoms with Gasteiger partial charge in [-0.05, 0) is 32.3 Å². The third kappa shape index (κ3) is 3.32. The van der Waals surface area contributed by atoms with Crippen molar-refractivity contribution in [2.45, 2.75) is 39.7 Å². The van der Waals surface area contributed by atoms with Crippen molar-refractivity contribution >= 4 is 0 Å². The van der Waals surface area contributed by atoms with Crippen LogP contribution in [0.5, 0.6) is 0 Å². The van der Waals surface area contributed by atoms with Crippen molar-refractivity contribution in [2.75, 3.05) is 13.2 Å². The monoisotopic (exact) mass is 225 g/mol. The molecule has 0 bridgehead atoms. The fourth-order valence-electron chi connectivity index (χ4n) is 1.81. The van der Waals surface area contributed by atoms with Gasteiger partial charge in [0.25, 0.3) is 0 Å². The van der Waals surface area contributed by atoms with Crippen LogP contribution in [0.1, 0.15) is 30.3 Å². The van der Waals surface area contributed by atoms with Crippen molar-refractivity contribution < 1.29 is 4.74 Å². The van der Waals surface area contributed by atoms with E-state index in [0.717, 1.165) is 25.1 Å². The first-order valence-electron chi connectivity index (χ1n) is 5.88. The molecule has 1 heterocycles. The highest BCUT2D eigenvalue weighted by Gasteiger charge is 2.13. The summed E-state index contributed by atoms with van der Waals surface area (Å²) in [6.45, 7) is 7.62. The van der Waals surface area contributed by atoms with Crippen molar-refractivity contribution in [1.29, 1.82) is 0 Å². The van der Waals surface area contributed by atoms with Crippen LogP contribution in [0, 0.1) is 13.8 Å². The quantitative estimate of drug-likeness (QED) is 0.743. The molecule has 0 aliphatic rings. The Balaban J connectivity index is 2.52. The number of rotatable bonds is 6. The molecule has 0 aliphatic carbocycles. The van der Waals surface area contributed by atoms with Crippen molar-refractivity contribution in [3.63, 3.8) is 0 Å². The third-order valence-corrected chi connectivity index (χ3v) is 2.81. The second kappa shape index (κ2) is 6.01. The Hall–Kier alpha value is -0.870. The molecular formula is C12H23N3O. The van der Waals surface area contributed by atoms with Crippen molar-refractivity contribution in [1.82, 2.24) is 9.78 Å². The van der Waals surface area contributed by atoms with E-state index >= 15 is 0 Å². The van der Waals surface area contributed by atoms with Crippen LogP contribution in [-0.4, -0.2) is 29.0 Å². The van der Waals surface area contributed by atoms with E-state index in [2.05, 4.69) is 18.9 Å². The van der Waals surface area contributed by atoms with E-state index in [-0.39, 0.29) is 6.04 Å². The molecule has 0 fully saturated rings. The summed E-state index contributed by atoms with van der Waals surface area (Å²) in [4.78, 5) is 0. The second-order valence-electron chi connectivity index (χ2n) is 4.31. The Morgan fingerprint density at radius 2 is 2.12 bits per heavy atom. The van der Waals surface area contributed by atoms with E-state index < -0.39 is 0 Å². The van der Waals surface area contributed by atoms with E-state index in [9.17, 15) is 0 Å². The van der Waals surface area contributed by atoms with Crippen molar-refractivity contribution in [2.24, 2.45) is 12.8 Å². The molecule has 4 nitrogen and oxygen atoms in total. The Kier molecular flexibility index (Phi) is 4.96. The molecule has 2 N–H and O–H groups in total. The van der Waals surface area contributed by atoms with Gasteiger partial charge in [0.1, 0.15) is 0 Å². The summed E-state index contributed by atoms with van der Waals surface area (Å²) in [7, 11) is 1.96. The topological polar surface area (TPSA) is 53.1 Å². The summed E-state index contributed by atoms with van der Waals surface area (Å²) in [5.74, 6) is 0. The molecule has 0 radical (unpaired) electrons. The Morgan fingerprint density at radius 1 is 1.44 bits per heavy atom. The summed E-state index contributed by atoms with van der Waals surface area (Å²) < 4.78 is 7.36. The highest BCUT2D eigenvalue weighted by atomic mass is 16.5. The summed E-state index contributed by atoms with van der Waals surface area (Å²) in [6.07, 6.45) is 1.88. The molecule has 1 aromatic rings. The van der Waals surface area contributed by atoms with Crippen LogP contribution in [0.2, 0.25) is 0 Å². The number of aryl methyl sites for hydroxylation is 2. The van der Waals surface area contributed by atoms with Crippen LogP contribution in [0.3, 0.4) is 0 Å². The van der Waals surface area contributed by atoms with Crippen LogP contribution in [0.15, 0.2) is 0 Å². The van der Waals surface area contributed by atoms with Crippen LogP contribution in [-0.2, 0) is 18.2 Å². The van der Waals surface area contributed by atoms with E-state index in [4.69, 9.17) is 10.5 Å². The molecule has 4 heteroatoms. The number of nitrogens with zero attached hydrogens (tertiary/aromatic N) is 2. The van der Waals surface area contributed by atoms with Crippen molar-refractivity contribution in [3.8, 4) is 0 Å². The molecule has 0 saturated carbocycles. The maximum Gasteiger partial charge on any atom is 0.0628 e. The van der Waals surface area contributed by atoms with Gasteiger partial charge in [-0.2, -0.15) is 5.10 Å². The number of aromatic nitrogens is 2. The smallest absolute Gasteiger partial charge is 0.0628 e. The van der Waals surface area contributed by atoms with Gasteiger partial charge in [0.05, 0.1) is 12.3 Å². The second-order valence-corrected chi connectivity index (χ2v) is 4.31. The lowest BCUT2D eigenvalue weighted by molar-refractivity contribution is 0.121. The molecular weight excluding hydrogens is 202 g/mol. The Bertz CT molecular complexity index is 333. The van der Waals surface area contributed by atoms with Crippen LogP contribution < -0.4 is 5.73 Å². The zero-order chi connectivity index (χ0) is 12.1. The minimum atomic E-state index is 0.0631. The largest absolute Gasteiger partial charge is 0.380 e. The van der Waals surface area contributed by atoms with E-state index in [1.807, 2.05) is 18.7 Å². The van der Waals surface area contributed by atoms with E-state index in [0.29, 0.717) is 6.61 Å². The lowest BCUT2D eigenvalue weighted by Crippen LogP contribution is -2.29. The zero-order valence-electron chi connectivity index (χ0n) is 10.8. The van der Waals surface area contributed by atoms with Gasteiger partial charge in [-0.3, -0.25) is 4.68 Å². The molecule has 0 aromatic carbocycles. The first-order chi connectivity index (χ1) is 7.56. The Labute approximate surface area is 97.8 Å². The molecule has 1 aromatic heterocycles. The number of hydrogen-bond donors (Lipinski definition) is 1. The van der Waals surface area contributed by atoms with Gasteiger partial charge in [0, 0.05) is 25.4 Å². The number of hydrogen-bond acceptors (Lipinski definition) is 3. The molecule has 16 heavy (non-hydrogen) atoms. The standard InChI is InChI=1S/C12H23N3O/c1-5-6-16-8-11(13)7-12-9(2)14-15(4)10(12)3/h11H,5-8,13H2,1-4H3. The van der Waals surface area contributed by atoms with Gasteiger partial charge in [-0.15, -0.1) is 0 Å². The van der Waals surface area contributed by atoms with Gasteiger partial charge < -0.3 is 10.5 Å². The van der Waals surface area contributed by atoms with Gasteiger partial charge >= 0.3 is 0 Å². The maximum absolute atomic E-state index is 6.03. The summed E-state index contributed by atoms with van der Waals surface area (Å²) in [5.41, 5.74) is 9.56. The lowest BCUT2D eigenvalue weighted by Gasteiger charge is -2.12. The predicted molar refractivity (Wildman–Crippen MR) is 65.5 cm³/mol. The first-order valence-corrected chi connectivity index (χ1v) is 5.88. The molecule has 0 spiro atoms. The molecule has 1 unspecified atom stereocenters. The van der Waals surface area contributed by atoms with Crippen LogP contribution in [0.4, 0.5) is 0 Å². The minimum absolute atomic E-state index is 0.0631. The zero-order valence-corrected chi connectivity index (χ0v) is 10.8. The van der Waals surface area contributed by atoms with E-state index in [1.165, 1.54) is 11.3 Å². The lowest BCUT2D eigenvalue weighted by atomic mass is 10.1. The summed E-state index contributed by atoms with van der Waals surface area (Å²) >= 11 is 0. The van der Waals surface area contributed by atoms with Gasteiger partial charge in [-0.1, -0.05) is 6.92 Å². The van der Waals surface area contributed by atoms with Crippen LogP contribution >= 0.6 is 0 Å². The average Bonchev–Trinajstić information content (AvgIpc) is 2.46. The van der Waals surface area contributed by atoms with Gasteiger partial charge in [0.2, 0.25) is 0 Å². The molecule has 1 rings (SSSR count). The summed E-state index contributed by atoms with van der Waals surface area (Å²) in [6, 6.07) is 0.0631. The highest BCUT2D eigenvalue weighted by molar-refractivity contribution is 5.25.